The van der Waals surface area contributed by atoms with E-state index in [1.54, 1.807) is 50.8 Å². The first-order valence-corrected chi connectivity index (χ1v) is 10.8. The third kappa shape index (κ3) is 5.01. The molecule has 0 unspecified atom stereocenters. The van der Waals surface area contributed by atoms with Gasteiger partial charge in [0.25, 0.3) is 5.91 Å². The van der Waals surface area contributed by atoms with Crippen molar-refractivity contribution in [3.63, 3.8) is 0 Å². The predicted molar refractivity (Wildman–Crippen MR) is 129 cm³/mol. The van der Waals surface area contributed by atoms with Gasteiger partial charge in [-0.2, -0.15) is 0 Å². The van der Waals surface area contributed by atoms with Gasteiger partial charge in [0.05, 0.1) is 30.2 Å². The molecule has 1 aliphatic heterocycles. The van der Waals surface area contributed by atoms with E-state index in [1.807, 2.05) is 18.2 Å². The van der Waals surface area contributed by atoms with Gasteiger partial charge >= 0.3 is 0 Å². The fraction of sp³-hybridized carbons (Fsp3) is 0.280. The molecule has 33 heavy (non-hydrogen) atoms. The van der Waals surface area contributed by atoms with Gasteiger partial charge in [0, 0.05) is 63.1 Å². The minimum atomic E-state index is -0.0610. The largest absolute Gasteiger partial charge is 0.474 e. The van der Waals surface area contributed by atoms with E-state index >= 15 is 0 Å². The Bertz CT molecular complexity index is 1160. The van der Waals surface area contributed by atoms with Crippen LogP contribution in [0.1, 0.15) is 35.8 Å². The van der Waals surface area contributed by atoms with E-state index in [-0.39, 0.29) is 19.1 Å². The first-order chi connectivity index (χ1) is 15.9. The molecular formula is C25H29N5O3. The number of nitrogens with two attached hydrogens (primary N) is 1. The summed E-state index contributed by atoms with van der Waals surface area (Å²) in [5, 5.41) is 8.86. The van der Waals surface area contributed by atoms with Crippen molar-refractivity contribution in [1.29, 1.82) is 5.41 Å². The van der Waals surface area contributed by atoms with Crippen LogP contribution in [0.4, 0.5) is 5.69 Å². The Balaban J connectivity index is 0.00000324. The Hall–Kier alpha value is -3.78. The molecule has 8 nitrogen and oxygen atoms in total. The van der Waals surface area contributed by atoms with Crippen LogP contribution >= 0.6 is 0 Å². The molecule has 1 fully saturated rings. The SMILES string of the molecule is CN(C)C(=O)c1ccc(-c2cc(C(=N)c3c(N)ccnc3OC3CCOCC3)ccn2)cc1.[HH]. The second kappa shape index (κ2) is 9.79. The van der Waals surface area contributed by atoms with Crippen molar-refractivity contribution in [3.05, 3.63) is 71.5 Å². The second-order valence-electron chi connectivity index (χ2n) is 8.09. The number of ether oxygens (including phenoxy) is 2. The van der Waals surface area contributed by atoms with Crippen LogP contribution in [-0.2, 0) is 4.74 Å². The van der Waals surface area contributed by atoms with Gasteiger partial charge < -0.3 is 20.1 Å². The van der Waals surface area contributed by atoms with Crippen LogP contribution in [0.2, 0.25) is 0 Å². The van der Waals surface area contributed by atoms with Crippen molar-refractivity contribution in [2.45, 2.75) is 18.9 Å². The minimum Gasteiger partial charge on any atom is -0.474 e. The Morgan fingerprint density at radius 2 is 1.79 bits per heavy atom. The van der Waals surface area contributed by atoms with Crippen LogP contribution in [0.3, 0.4) is 0 Å². The van der Waals surface area contributed by atoms with E-state index in [1.165, 1.54) is 4.90 Å². The van der Waals surface area contributed by atoms with E-state index in [0.717, 1.165) is 18.4 Å². The van der Waals surface area contributed by atoms with Crippen LogP contribution in [0.15, 0.2) is 54.9 Å². The number of anilines is 1. The summed E-state index contributed by atoms with van der Waals surface area (Å²) in [4.78, 5) is 22.5. The average molecular weight is 448 g/mol. The summed E-state index contributed by atoms with van der Waals surface area (Å²) < 4.78 is 11.5. The van der Waals surface area contributed by atoms with Gasteiger partial charge in [-0.1, -0.05) is 12.1 Å². The molecule has 0 saturated carbocycles. The first kappa shape index (κ1) is 22.4. The van der Waals surface area contributed by atoms with Crippen molar-refractivity contribution >= 4 is 17.3 Å². The van der Waals surface area contributed by atoms with Crippen LogP contribution in [-0.4, -0.2) is 59.9 Å². The van der Waals surface area contributed by atoms with E-state index < -0.39 is 0 Å². The molecule has 1 saturated heterocycles. The van der Waals surface area contributed by atoms with Crippen LogP contribution in [0.25, 0.3) is 11.3 Å². The number of rotatable bonds is 6. The number of nitrogen functional groups attached to an aromatic ring is 1. The van der Waals surface area contributed by atoms with Crippen molar-refractivity contribution in [2.24, 2.45) is 0 Å². The summed E-state index contributed by atoms with van der Waals surface area (Å²) in [5.41, 5.74) is 10.1. The molecule has 8 heteroatoms. The number of carbonyl (C=O) groups excluding carboxylic acids is 1. The predicted octanol–water partition coefficient (Wildman–Crippen LogP) is 3.65. The summed E-state index contributed by atoms with van der Waals surface area (Å²) in [7, 11) is 3.44. The van der Waals surface area contributed by atoms with Crippen LogP contribution in [0, 0.1) is 5.41 Å². The second-order valence-corrected chi connectivity index (χ2v) is 8.09. The number of aromatic nitrogens is 2. The van der Waals surface area contributed by atoms with Gasteiger partial charge in [-0.05, 0) is 30.3 Å². The fourth-order valence-electron chi connectivity index (χ4n) is 3.68. The maximum absolute atomic E-state index is 12.1. The van der Waals surface area contributed by atoms with Gasteiger partial charge in [-0.3, -0.25) is 15.2 Å². The highest BCUT2D eigenvalue weighted by atomic mass is 16.5. The zero-order valence-corrected chi connectivity index (χ0v) is 18.7. The lowest BCUT2D eigenvalue weighted by Crippen LogP contribution is -2.27. The average Bonchev–Trinajstić information content (AvgIpc) is 2.84. The van der Waals surface area contributed by atoms with Gasteiger partial charge in [0.1, 0.15) is 6.10 Å². The summed E-state index contributed by atoms with van der Waals surface area (Å²) in [6.45, 7) is 1.29. The highest BCUT2D eigenvalue weighted by Gasteiger charge is 2.22. The smallest absolute Gasteiger partial charge is 0.253 e. The molecule has 3 N–H and O–H groups in total. The molecule has 1 aromatic carbocycles. The molecule has 0 spiro atoms. The minimum absolute atomic E-state index is 0. The number of benzene rings is 1. The molecule has 0 radical (unpaired) electrons. The van der Waals surface area contributed by atoms with Gasteiger partial charge in [-0.25, -0.2) is 4.98 Å². The molecule has 4 rings (SSSR count). The molecule has 3 aromatic rings. The van der Waals surface area contributed by atoms with Crippen molar-refractivity contribution < 1.29 is 15.7 Å². The number of hydrogen-bond donors (Lipinski definition) is 2. The van der Waals surface area contributed by atoms with E-state index in [2.05, 4.69) is 9.97 Å². The number of pyridine rings is 2. The lowest BCUT2D eigenvalue weighted by molar-refractivity contribution is 0.0237. The topological polar surface area (TPSA) is 114 Å². The molecular weight excluding hydrogens is 418 g/mol. The summed E-state index contributed by atoms with van der Waals surface area (Å²) in [6.07, 6.45) is 4.78. The quantitative estimate of drug-likeness (QED) is 0.558. The highest BCUT2D eigenvalue weighted by Crippen LogP contribution is 2.28. The molecule has 0 bridgehead atoms. The standard InChI is InChI=1S/C25H27N5O3.H2/c1-30(2)25(31)17-5-3-16(4-6-17)21-15-18(7-11-28-21)23(27)22-20(26)8-12-29-24(22)33-19-9-13-32-14-10-19;/h3-8,11-12,15,19,27H,9-10,13-14H2,1-2H3,(H2,26,29);1H. The summed E-state index contributed by atoms with van der Waals surface area (Å²) in [5.74, 6) is 0.297. The summed E-state index contributed by atoms with van der Waals surface area (Å²) in [6, 6.07) is 12.5. The third-order valence-electron chi connectivity index (χ3n) is 5.53. The van der Waals surface area contributed by atoms with E-state index in [4.69, 9.17) is 20.6 Å². The van der Waals surface area contributed by atoms with Crippen molar-refractivity contribution in [3.8, 4) is 17.1 Å². The van der Waals surface area contributed by atoms with E-state index in [0.29, 0.717) is 47.2 Å². The zero-order valence-electron chi connectivity index (χ0n) is 18.7. The Morgan fingerprint density at radius 1 is 1.09 bits per heavy atom. The fourth-order valence-corrected chi connectivity index (χ4v) is 3.68. The van der Waals surface area contributed by atoms with Gasteiger partial charge in [0.15, 0.2) is 0 Å². The first-order valence-electron chi connectivity index (χ1n) is 10.8. The number of nitrogens with one attached hydrogen (secondary N) is 1. The number of amides is 1. The zero-order chi connectivity index (χ0) is 23.4. The number of hydrogen-bond acceptors (Lipinski definition) is 7. The normalized spacial score (nSPS) is 14.0. The maximum Gasteiger partial charge on any atom is 0.253 e. The highest BCUT2D eigenvalue weighted by molar-refractivity contribution is 6.15. The third-order valence-corrected chi connectivity index (χ3v) is 5.53. The Morgan fingerprint density at radius 3 is 2.48 bits per heavy atom. The monoisotopic (exact) mass is 447 g/mol. The van der Waals surface area contributed by atoms with Gasteiger partial charge in [0.2, 0.25) is 5.88 Å². The number of carbonyl (C=O) groups is 1. The maximum atomic E-state index is 12.1. The van der Waals surface area contributed by atoms with Gasteiger partial charge in [-0.15, -0.1) is 0 Å². The van der Waals surface area contributed by atoms with Crippen molar-refractivity contribution in [1.82, 2.24) is 14.9 Å². The molecule has 0 aliphatic carbocycles. The molecule has 1 amide bonds. The molecule has 1 aliphatic rings. The van der Waals surface area contributed by atoms with Crippen molar-refractivity contribution in [2.75, 3.05) is 33.0 Å². The Kier molecular flexibility index (Phi) is 6.65. The lowest BCUT2D eigenvalue weighted by Gasteiger charge is -2.24. The molecule has 0 atom stereocenters. The van der Waals surface area contributed by atoms with Crippen LogP contribution < -0.4 is 10.5 Å². The molecule has 2 aromatic heterocycles. The molecule has 172 valence electrons. The lowest BCUT2D eigenvalue weighted by atomic mass is 10.00. The Labute approximate surface area is 194 Å². The van der Waals surface area contributed by atoms with Crippen LogP contribution in [0.5, 0.6) is 5.88 Å². The summed E-state index contributed by atoms with van der Waals surface area (Å²) >= 11 is 0. The van der Waals surface area contributed by atoms with E-state index in [9.17, 15) is 4.79 Å². The molecule has 3 heterocycles. The number of nitrogens with zero attached hydrogens (tertiary/aromatic N) is 3.